The third-order valence-corrected chi connectivity index (χ3v) is 6.56. The molecule has 3 heterocycles. The van der Waals surface area contributed by atoms with E-state index in [-0.39, 0.29) is 12.1 Å². The molecule has 3 N–H and O–H groups in total. The Morgan fingerprint density at radius 3 is 2.77 bits per heavy atom. The summed E-state index contributed by atoms with van der Waals surface area (Å²) in [5.74, 6) is 0.668. The number of nitrogens with zero attached hydrogens (tertiary/aromatic N) is 4. The molecule has 2 aromatic heterocycles. The first kappa shape index (κ1) is 26.4. The van der Waals surface area contributed by atoms with Crippen LogP contribution in [0.25, 0.3) is 0 Å². The molecule has 0 fully saturated rings. The maximum atomic E-state index is 11.8. The van der Waals surface area contributed by atoms with E-state index >= 15 is 0 Å². The Balaban J connectivity index is 1.50. The highest BCUT2D eigenvalue weighted by molar-refractivity contribution is 5.76. The molecule has 1 aliphatic rings. The standard InChI is InChI=1S/C26H36N6O3/c1-18(35-2)14-19(6-3-4-8-22-11-10-21-7-5-13-28-24(21)31-22)9-12-23(25(33)34)32-26-29-16-20(15-27)17-30-26/h10-11,16-19,23H,3-9,12-14H2,1-2H3,(H,28,31)(H,33,34)(H,29,30,32)/t18-,19?,23+/m1/s1. The molecule has 0 bridgehead atoms. The first-order valence-corrected chi connectivity index (χ1v) is 12.5. The van der Waals surface area contributed by atoms with Gasteiger partial charge in [0.15, 0.2) is 0 Å². The van der Waals surface area contributed by atoms with Crippen molar-refractivity contribution in [1.29, 1.82) is 5.26 Å². The molecule has 9 heteroatoms. The summed E-state index contributed by atoms with van der Waals surface area (Å²) in [4.78, 5) is 24.7. The number of unbranched alkanes of at least 4 members (excludes halogenated alkanes) is 1. The Bertz CT molecular complexity index is 992. The first-order valence-electron chi connectivity index (χ1n) is 12.5. The summed E-state index contributed by atoms with van der Waals surface area (Å²) >= 11 is 0. The number of carbonyl (C=O) groups is 1. The smallest absolute Gasteiger partial charge is 0.326 e. The van der Waals surface area contributed by atoms with Crippen LogP contribution in [0.2, 0.25) is 0 Å². The molecule has 0 radical (unpaired) electrons. The topological polar surface area (TPSA) is 133 Å². The zero-order valence-electron chi connectivity index (χ0n) is 20.7. The van der Waals surface area contributed by atoms with Crippen LogP contribution in [0.4, 0.5) is 11.8 Å². The number of anilines is 2. The summed E-state index contributed by atoms with van der Waals surface area (Å²) in [6.45, 7) is 3.04. The van der Waals surface area contributed by atoms with Crippen molar-refractivity contribution in [2.75, 3.05) is 24.3 Å². The van der Waals surface area contributed by atoms with Gasteiger partial charge in [0.1, 0.15) is 17.9 Å². The third-order valence-electron chi connectivity index (χ3n) is 6.56. The number of ether oxygens (including phenoxy) is 1. The normalized spacial score (nSPS) is 15.2. The van der Waals surface area contributed by atoms with Crippen molar-refractivity contribution in [2.24, 2.45) is 5.92 Å². The minimum absolute atomic E-state index is 0.117. The number of hydrogen-bond donors (Lipinski definition) is 3. The number of fused-ring (bicyclic) bond motifs is 1. The predicted octanol–water partition coefficient (Wildman–Crippen LogP) is 4.20. The highest BCUT2D eigenvalue weighted by atomic mass is 16.5. The van der Waals surface area contributed by atoms with E-state index in [2.05, 4.69) is 39.7 Å². The molecule has 9 nitrogen and oxygen atoms in total. The summed E-state index contributed by atoms with van der Waals surface area (Å²) in [7, 11) is 1.71. The van der Waals surface area contributed by atoms with Crippen molar-refractivity contribution in [3.63, 3.8) is 0 Å². The Morgan fingerprint density at radius 2 is 2.06 bits per heavy atom. The molecule has 3 atom stereocenters. The highest BCUT2D eigenvalue weighted by Gasteiger charge is 2.22. The van der Waals surface area contributed by atoms with E-state index in [1.165, 1.54) is 18.0 Å². The van der Waals surface area contributed by atoms with Gasteiger partial charge in [0.25, 0.3) is 0 Å². The van der Waals surface area contributed by atoms with Gasteiger partial charge in [0, 0.05) is 19.3 Å². The Kier molecular flexibility index (Phi) is 10.2. The van der Waals surface area contributed by atoms with Gasteiger partial charge in [-0.2, -0.15) is 5.26 Å². The van der Waals surface area contributed by atoms with E-state index < -0.39 is 12.0 Å². The molecule has 1 unspecified atom stereocenters. The van der Waals surface area contributed by atoms with Crippen molar-refractivity contribution in [1.82, 2.24) is 15.0 Å². The fourth-order valence-corrected chi connectivity index (χ4v) is 4.47. The van der Waals surface area contributed by atoms with Crippen LogP contribution in [0, 0.1) is 17.2 Å². The highest BCUT2D eigenvalue weighted by Crippen LogP contribution is 2.25. The number of aryl methyl sites for hydroxylation is 2. The first-order chi connectivity index (χ1) is 17.0. The number of hydrogen-bond acceptors (Lipinski definition) is 8. The molecule has 0 aromatic carbocycles. The molecule has 2 aromatic rings. The van der Waals surface area contributed by atoms with Crippen LogP contribution in [0.5, 0.6) is 0 Å². The molecule has 0 aliphatic carbocycles. The van der Waals surface area contributed by atoms with Crippen molar-refractivity contribution >= 4 is 17.7 Å². The van der Waals surface area contributed by atoms with Gasteiger partial charge in [-0.1, -0.05) is 18.9 Å². The molecule has 188 valence electrons. The molecule has 0 saturated carbocycles. The largest absolute Gasteiger partial charge is 0.480 e. The summed E-state index contributed by atoms with van der Waals surface area (Å²) in [5.41, 5.74) is 2.76. The van der Waals surface area contributed by atoms with Crippen molar-refractivity contribution < 1.29 is 14.6 Å². The minimum atomic E-state index is -0.941. The van der Waals surface area contributed by atoms with Crippen LogP contribution in [-0.4, -0.2) is 51.8 Å². The van der Waals surface area contributed by atoms with Gasteiger partial charge in [-0.3, -0.25) is 0 Å². The summed E-state index contributed by atoms with van der Waals surface area (Å²) in [5, 5.41) is 24.9. The Hall–Kier alpha value is -3.25. The van der Waals surface area contributed by atoms with Gasteiger partial charge in [-0.15, -0.1) is 0 Å². The second-order valence-corrected chi connectivity index (χ2v) is 9.25. The number of rotatable bonds is 14. The van der Waals surface area contributed by atoms with Gasteiger partial charge >= 0.3 is 5.97 Å². The monoisotopic (exact) mass is 480 g/mol. The molecule has 3 rings (SSSR count). The van der Waals surface area contributed by atoms with Gasteiger partial charge in [-0.05, 0) is 69.4 Å². The molecule has 1 aliphatic heterocycles. The van der Waals surface area contributed by atoms with E-state index in [9.17, 15) is 9.90 Å². The lowest BCUT2D eigenvalue weighted by molar-refractivity contribution is -0.138. The number of pyridine rings is 1. The lowest BCUT2D eigenvalue weighted by atomic mass is 9.89. The van der Waals surface area contributed by atoms with Crippen molar-refractivity contribution in [3.8, 4) is 6.07 Å². The molecular weight excluding hydrogens is 444 g/mol. The average Bonchev–Trinajstić information content (AvgIpc) is 2.88. The predicted molar refractivity (Wildman–Crippen MR) is 134 cm³/mol. The van der Waals surface area contributed by atoms with E-state index in [4.69, 9.17) is 15.0 Å². The van der Waals surface area contributed by atoms with Gasteiger partial charge in [0.2, 0.25) is 5.95 Å². The molecule has 0 saturated heterocycles. The number of aliphatic carboxylic acids is 1. The molecule has 0 spiro atoms. The quantitative estimate of drug-likeness (QED) is 0.340. The second-order valence-electron chi connectivity index (χ2n) is 9.25. The van der Waals surface area contributed by atoms with E-state index in [0.717, 1.165) is 69.4 Å². The van der Waals surface area contributed by atoms with Crippen LogP contribution in [0.3, 0.4) is 0 Å². The van der Waals surface area contributed by atoms with E-state index in [1.807, 2.05) is 6.07 Å². The number of aromatic nitrogens is 3. The SMILES string of the molecule is CO[C@H](C)CC(CCCCc1ccc2c(n1)NCCC2)CC[C@H](Nc1ncc(C#N)cn1)C(=O)O. The second kappa shape index (κ2) is 13.6. The molecule has 35 heavy (non-hydrogen) atoms. The number of methoxy groups -OCH3 is 1. The Labute approximate surface area is 207 Å². The van der Waals surface area contributed by atoms with E-state index in [1.54, 1.807) is 7.11 Å². The number of nitrogens with one attached hydrogen (secondary N) is 2. The van der Waals surface area contributed by atoms with Crippen molar-refractivity contribution in [2.45, 2.75) is 76.9 Å². The summed E-state index contributed by atoms with van der Waals surface area (Å²) < 4.78 is 5.49. The van der Waals surface area contributed by atoms with Gasteiger partial charge in [0.05, 0.1) is 24.1 Å². The Morgan fingerprint density at radius 1 is 1.26 bits per heavy atom. The number of nitriles is 1. The fourth-order valence-electron chi connectivity index (χ4n) is 4.47. The fraction of sp³-hybridized carbons (Fsp3) is 0.577. The summed E-state index contributed by atoms with van der Waals surface area (Å²) in [6, 6.07) is 5.50. The summed E-state index contributed by atoms with van der Waals surface area (Å²) in [6.07, 6.45) is 11.3. The van der Waals surface area contributed by atoms with Gasteiger partial charge in [-0.25, -0.2) is 19.7 Å². The maximum Gasteiger partial charge on any atom is 0.326 e. The van der Waals surface area contributed by atoms with E-state index in [0.29, 0.717) is 17.9 Å². The molecular formula is C26H36N6O3. The lowest BCUT2D eigenvalue weighted by Crippen LogP contribution is -2.31. The zero-order chi connectivity index (χ0) is 25.0. The van der Waals surface area contributed by atoms with Crippen molar-refractivity contribution in [3.05, 3.63) is 41.3 Å². The number of carboxylic acid groups (broad SMARTS) is 1. The maximum absolute atomic E-state index is 11.8. The third kappa shape index (κ3) is 8.48. The lowest BCUT2D eigenvalue weighted by Gasteiger charge is -2.22. The van der Waals surface area contributed by atoms with Crippen LogP contribution in [0.15, 0.2) is 24.5 Å². The van der Waals surface area contributed by atoms with Gasteiger partial charge < -0.3 is 20.5 Å². The van der Waals surface area contributed by atoms with Crippen LogP contribution >= 0.6 is 0 Å². The minimum Gasteiger partial charge on any atom is -0.480 e. The average molecular weight is 481 g/mol. The number of carboxylic acids is 1. The van der Waals surface area contributed by atoms with Crippen LogP contribution < -0.4 is 10.6 Å². The molecule has 0 amide bonds. The van der Waals surface area contributed by atoms with Crippen LogP contribution in [-0.2, 0) is 22.4 Å². The zero-order valence-corrected chi connectivity index (χ0v) is 20.7. The van der Waals surface area contributed by atoms with Crippen LogP contribution in [0.1, 0.15) is 68.7 Å².